The second-order valence-corrected chi connectivity index (χ2v) is 7.07. The van der Waals surface area contributed by atoms with Gasteiger partial charge in [0.05, 0.1) is 28.8 Å². The Morgan fingerprint density at radius 2 is 1.66 bits per heavy atom. The number of para-hydroxylation sites is 1. The number of rotatable bonds is 6. The average Bonchev–Trinajstić information content (AvgIpc) is 3.31. The van der Waals surface area contributed by atoms with E-state index in [9.17, 15) is 14.4 Å². The summed E-state index contributed by atoms with van der Waals surface area (Å²) < 4.78 is 10.1. The molecule has 0 aliphatic carbocycles. The van der Waals surface area contributed by atoms with E-state index in [-0.39, 0.29) is 12.5 Å². The highest BCUT2D eigenvalue weighted by molar-refractivity contribution is 7.12. The van der Waals surface area contributed by atoms with Crippen LogP contribution in [0, 0.1) is 0 Å². The molecule has 0 N–H and O–H groups in total. The highest BCUT2D eigenvalue weighted by Gasteiger charge is 2.21. The maximum atomic E-state index is 12.6. The van der Waals surface area contributed by atoms with Gasteiger partial charge in [0, 0.05) is 7.05 Å². The molecule has 0 unspecified atom stereocenters. The van der Waals surface area contributed by atoms with Crippen LogP contribution < -0.4 is 4.90 Å². The van der Waals surface area contributed by atoms with Crippen molar-refractivity contribution in [1.29, 1.82) is 0 Å². The zero-order valence-electron chi connectivity index (χ0n) is 16.0. The maximum Gasteiger partial charge on any atom is 0.340 e. The predicted octanol–water partition coefficient (Wildman–Crippen LogP) is 4.17. The first kappa shape index (κ1) is 20.3. The van der Waals surface area contributed by atoms with Gasteiger partial charge in [0.25, 0.3) is 5.91 Å². The van der Waals surface area contributed by atoms with E-state index >= 15 is 0 Å². The second-order valence-electron chi connectivity index (χ2n) is 6.12. The van der Waals surface area contributed by atoms with Crippen molar-refractivity contribution in [2.45, 2.75) is 6.61 Å². The first-order valence-corrected chi connectivity index (χ1v) is 9.64. The van der Waals surface area contributed by atoms with E-state index in [1.807, 2.05) is 5.38 Å². The fraction of sp³-hybridized carbons (Fsp3) is 0.136. The molecule has 0 saturated carbocycles. The van der Waals surface area contributed by atoms with Crippen LogP contribution in [0.25, 0.3) is 0 Å². The minimum absolute atomic E-state index is 0.0389. The number of nitrogens with zero attached hydrogens (tertiary/aromatic N) is 1. The van der Waals surface area contributed by atoms with Crippen LogP contribution in [-0.4, -0.2) is 32.0 Å². The number of hydrogen-bond donors (Lipinski definition) is 0. The Labute approximate surface area is 172 Å². The molecule has 0 aliphatic heterocycles. The Morgan fingerprint density at radius 3 is 2.31 bits per heavy atom. The van der Waals surface area contributed by atoms with Gasteiger partial charge in [-0.15, -0.1) is 11.3 Å². The normalized spacial score (nSPS) is 10.3. The number of hydrogen-bond acceptors (Lipinski definition) is 6. The highest BCUT2D eigenvalue weighted by atomic mass is 32.1. The molecule has 1 amide bonds. The minimum atomic E-state index is -0.538. The van der Waals surface area contributed by atoms with Gasteiger partial charge in [-0.05, 0) is 41.3 Å². The summed E-state index contributed by atoms with van der Waals surface area (Å²) in [5.41, 5.74) is 1.91. The third kappa shape index (κ3) is 4.70. The van der Waals surface area contributed by atoms with Crippen LogP contribution in [0.15, 0.2) is 66.0 Å². The number of carbonyl (C=O) groups is 3. The van der Waals surface area contributed by atoms with Crippen molar-refractivity contribution >= 4 is 34.9 Å². The van der Waals surface area contributed by atoms with Crippen molar-refractivity contribution < 1.29 is 23.9 Å². The van der Waals surface area contributed by atoms with Crippen LogP contribution in [0.4, 0.5) is 5.69 Å². The van der Waals surface area contributed by atoms with Gasteiger partial charge in [-0.3, -0.25) is 4.79 Å². The number of methoxy groups -OCH3 is 1. The van der Waals surface area contributed by atoms with Crippen LogP contribution in [-0.2, 0) is 16.1 Å². The molecule has 2 aromatic carbocycles. The zero-order chi connectivity index (χ0) is 20.8. The molecule has 0 spiro atoms. The van der Waals surface area contributed by atoms with Gasteiger partial charge < -0.3 is 14.4 Å². The molecule has 6 nitrogen and oxygen atoms in total. The molecular formula is C22H19NO5S. The van der Waals surface area contributed by atoms with Crippen LogP contribution in [0.1, 0.15) is 36.0 Å². The molecule has 148 valence electrons. The number of esters is 2. The molecule has 0 radical (unpaired) electrons. The van der Waals surface area contributed by atoms with Crippen molar-refractivity contribution in [3.8, 4) is 0 Å². The summed E-state index contributed by atoms with van der Waals surface area (Å²) in [7, 11) is 2.94. The lowest BCUT2D eigenvalue weighted by Gasteiger charge is -2.19. The Hall–Kier alpha value is -3.45. The summed E-state index contributed by atoms with van der Waals surface area (Å²) >= 11 is 1.34. The van der Waals surface area contributed by atoms with E-state index in [1.165, 1.54) is 23.3 Å². The lowest BCUT2D eigenvalue weighted by Crippen LogP contribution is -2.27. The van der Waals surface area contributed by atoms with E-state index < -0.39 is 11.9 Å². The summed E-state index contributed by atoms with van der Waals surface area (Å²) in [5, 5.41) is 1.83. The Bertz CT molecular complexity index is 1010. The van der Waals surface area contributed by atoms with E-state index in [4.69, 9.17) is 4.74 Å². The number of anilines is 1. The van der Waals surface area contributed by atoms with Gasteiger partial charge in [-0.2, -0.15) is 0 Å². The molecule has 0 fully saturated rings. The smallest absolute Gasteiger partial charge is 0.340 e. The van der Waals surface area contributed by atoms with Crippen molar-refractivity contribution in [1.82, 2.24) is 0 Å². The zero-order valence-corrected chi connectivity index (χ0v) is 16.8. The van der Waals surface area contributed by atoms with Crippen LogP contribution in [0.3, 0.4) is 0 Å². The fourth-order valence-corrected chi connectivity index (χ4v) is 3.39. The van der Waals surface area contributed by atoms with Gasteiger partial charge >= 0.3 is 11.9 Å². The summed E-state index contributed by atoms with van der Waals surface area (Å²) in [4.78, 5) is 38.8. The van der Waals surface area contributed by atoms with E-state index in [0.717, 1.165) is 5.56 Å². The van der Waals surface area contributed by atoms with Crippen LogP contribution in [0.5, 0.6) is 0 Å². The maximum absolute atomic E-state index is 12.6. The third-order valence-corrected chi connectivity index (χ3v) is 5.12. The molecule has 0 saturated heterocycles. The molecule has 1 heterocycles. The number of benzene rings is 2. The van der Waals surface area contributed by atoms with Crippen molar-refractivity contribution in [3.05, 3.63) is 87.6 Å². The molecule has 0 aliphatic rings. The average molecular weight is 409 g/mol. The lowest BCUT2D eigenvalue weighted by molar-refractivity contribution is 0.0472. The molecular weight excluding hydrogens is 390 g/mol. The lowest BCUT2D eigenvalue weighted by atomic mass is 10.1. The van der Waals surface area contributed by atoms with Crippen LogP contribution in [0.2, 0.25) is 0 Å². The van der Waals surface area contributed by atoms with E-state index in [1.54, 1.807) is 67.7 Å². The molecule has 0 atom stereocenters. The standard InChI is InChI=1S/C22H19NO5S/c1-23(20(24)19-8-5-13-29-19)18-7-4-3-6-17(18)22(26)28-14-15-9-11-16(12-10-15)21(25)27-2/h3-13H,14H2,1-2H3. The predicted molar refractivity (Wildman–Crippen MR) is 110 cm³/mol. The summed E-state index contributed by atoms with van der Waals surface area (Å²) in [6.45, 7) is 0.0389. The SMILES string of the molecule is COC(=O)c1ccc(COC(=O)c2ccccc2N(C)C(=O)c2cccs2)cc1. The molecule has 1 aromatic heterocycles. The second kappa shape index (κ2) is 9.16. The molecule has 3 rings (SSSR count). The van der Waals surface area contributed by atoms with Gasteiger partial charge in [0.1, 0.15) is 6.61 Å². The first-order valence-electron chi connectivity index (χ1n) is 8.76. The molecule has 0 bridgehead atoms. The van der Waals surface area contributed by atoms with Crippen molar-refractivity contribution in [2.24, 2.45) is 0 Å². The number of ether oxygens (including phenoxy) is 2. The van der Waals surface area contributed by atoms with Gasteiger partial charge in [-0.25, -0.2) is 9.59 Å². The van der Waals surface area contributed by atoms with Gasteiger partial charge in [0.15, 0.2) is 0 Å². The topological polar surface area (TPSA) is 72.9 Å². The van der Waals surface area contributed by atoms with Gasteiger partial charge in [-0.1, -0.05) is 30.3 Å². The molecule has 7 heteroatoms. The summed E-state index contributed by atoms with van der Waals surface area (Å²) in [5.74, 6) is -1.16. The van der Waals surface area contributed by atoms with Gasteiger partial charge in [0.2, 0.25) is 0 Å². The number of amides is 1. The Kier molecular flexibility index (Phi) is 6.41. The monoisotopic (exact) mass is 409 g/mol. The Morgan fingerprint density at radius 1 is 0.931 bits per heavy atom. The van der Waals surface area contributed by atoms with Crippen molar-refractivity contribution in [3.63, 3.8) is 0 Å². The molecule has 29 heavy (non-hydrogen) atoms. The van der Waals surface area contributed by atoms with Crippen molar-refractivity contribution in [2.75, 3.05) is 19.1 Å². The molecule has 3 aromatic rings. The fourth-order valence-electron chi connectivity index (χ4n) is 2.70. The van der Waals surface area contributed by atoms with E-state index in [2.05, 4.69) is 4.74 Å². The summed E-state index contributed by atoms with van der Waals surface area (Å²) in [6.07, 6.45) is 0. The summed E-state index contributed by atoms with van der Waals surface area (Å²) in [6, 6.07) is 16.9. The highest BCUT2D eigenvalue weighted by Crippen LogP contribution is 2.23. The van der Waals surface area contributed by atoms with E-state index in [0.29, 0.717) is 21.7 Å². The third-order valence-electron chi connectivity index (χ3n) is 4.27. The quantitative estimate of drug-likeness (QED) is 0.572. The van der Waals surface area contributed by atoms with Crippen LogP contribution >= 0.6 is 11.3 Å². The number of carbonyl (C=O) groups excluding carboxylic acids is 3. The largest absolute Gasteiger partial charge is 0.465 e. The minimum Gasteiger partial charge on any atom is -0.465 e. The first-order chi connectivity index (χ1) is 14.0. The Balaban J connectivity index is 1.71. The number of thiophene rings is 1.